The van der Waals surface area contributed by atoms with E-state index < -0.39 is 0 Å². The zero-order chi connectivity index (χ0) is 14.7. The number of aromatic nitrogens is 2. The first-order valence-electron chi connectivity index (χ1n) is 7.21. The molecule has 0 aliphatic carbocycles. The summed E-state index contributed by atoms with van der Waals surface area (Å²) in [5.74, 6) is 0.590. The molecule has 0 saturated carbocycles. The highest BCUT2D eigenvalue weighted by molar-refractivity contribution is 5.93. The average Bonchev–Trinajstić information content (AvgIpc) is 2.51. The van der Waals surface area contributed by atoms with E-state index in [1.807, 2.05) is 24.3 Å². The fourth-order valence-corrected chi connectivity index (χ4v) is 2.55. The summed E-state index contributed by atoms with van der Waals surface area (Å²) in [6, 6.07) is 7.61. The van der Waals surface area contributed by atoms with Crippen LogP contribution in [-0.4, -0.2) is 15.9 Å². The minimum Gasteiger partial charge on any atom is -0.323 e. The highest BCUT2D eigenvalue weighted by atomic mass is 16.1. The van der Waals surface area contributed by atoms with Crippen molar-refractivity contribution in [3.05, 3.63) is 42.4 Å². The second-order valence-corrected chi connectivity index (χ2v) is 5.27. The monoisotopic (exact) mass is 282 g/mol. The van der Waals surface area contributed by atoms with E-state index in [2.05, 4.69) is 15.3 Å². The Morgan fingerprint density at radius 2 is 2.10 bits per heavy atom. The Morgan fingerprint density at radius 3 is 3.00 bits per heavy atom. The Balaban J connectivity index is 2.08. The van der Waals surface area contributed by atoms with Crippen LogP contribution in [0.4, 0.5) is 5.82 Å². The van der Waals surface area contributed by atoms with E-state index >= 15 is 0 Å². The van der Waals surface area contributed by atoms with E-state index in [0.717, 1.165) is 36.1 Å². The van der Waals surface area contributed by atoms with Crippen LogP contribution in [0.3, 0.4) is 0 Å². The molecule has 2 aromatic rings. The van der Waals surface area contributed by atoms with Gasteiger partial charge in [0.1, 0.15) is 5.82 Å². The maximum atomic E-state index is 12.0. The van der Waals surface area contributed by atoms with Gasteiger partial charge >= 0.3 is 0 Å². The van der Waals surface area contributed by atoms with Crippen LogP contribution in [0.1, 0.15) is 37.4 Å². The summed E-state index contributed by atoms with van der Waals surface area (Å²) in [4.78, 5) is 20.6. The van der Waals surface area contributed by atoms with Crippen molar-refractivity contribution in [3.8, 4) is 11.1 Å². The predicted molar refractivity (Wildman–Crippen MR) is 81.5 cm³/mol. The van der Waals surface area contributed by atoms with Crippen molar-refractivity contribution < 1.29 is 4.79 Å². The van der Waals surface area contributed by atoms with Crippen LogP contribution in [0.2, 0.25) is 0 Å². The maximum absolute atomic E-state index is 12.0. The third-order valence-electron chi connectivity index (χ3n) is 3.71. The topological polar surface area (TPSA) is 80.9 Å². The third-order valence-corrected chi connectivity index (χ3v) is 3.71. The first-order valence-corrected chi connectivity index (χ1v) is 7.21. The summed E-state index contributed by atoms with van der Waals surface area (Å²) in [6.45, 7) is 0. The molecule has 0 saturated heterocycles. The van der Waals surface area contributed by atoms with E-state index in [1.165, 1.54) is 0 Å². The number of nitrogens with zero attached hydrogens (tertiary/aromatic N) is 2. The highest BCUT2D eigenvalue weighted by Gasteiger charge is 2.14. The minimum absolute atomic E-state index is 0.00151. The van der Waals surface area contributed by atoms with Gasteiger partial charge in [0.2, 0.25) is 5.91 Å². The van der Waals surface area contributed by atoms with Gasteiger partial charge in [0.15, 0.2) is 0 Å². The molecule has 1 atom stereocenters. The molecule has 3 N–H and O–H groups in total. The van der Waals surface area contributed by atoms with E-state index in [-0.39, 0.29) is 11.9 Å². The predicted octanol–water partition coefficient (Wildman–Crippen LogP) is 2.66. The number of pyridine rings is 2. The molecule has 0 unspecified atom stereocenters. The quantitative estimate of drug-likeness (QED) is 0.778. The molecule has 0 fully saturated rings. The summed E-state index contributed by atoms with van der Waals surface area (Å²) < 4.78 is 0. The molecule has 0 spiro atoms. The molecule has 5 heteroatoms. The van der Waals surface area contributed by atoms with Gasteiger partial charge in [-0.2, -0.15) is 0 Å². The van der Waals surface area contributed by atoms with Crippen molar-refractivity contribution in [1.29, 1.82) is 0 Å². The first kappa shape index (κ1) is 13.7. The number of hydrogen-bond donors (Lipinski definition) is 2. The van der Waals surface area contributed by atoms with Gasteiger partial charge in [-0.05, 0) is 42.7 Å². The smallest absolute Gasteiger partial charge is 0.225 e. The van der Waals surface area contributed by atoms with E-state index in [4.69, 9.17) is 5.73 Å². The van der Waals surface area contributed by atoms with Crippen molar-refractivity contribution in [3.63, 3.8) is 0 Å². The lowest BCUT2D eigenvalue weighted by Crippen LogP contribution is -2.16. The van der Waals surface area contributed by atoms with Crippen molar-refractivity contribution in [1.82, 2.24) is 9.97 Å². The average molecular weight is 282 g/mol. The lowest BCUT2D eigenvalue weighted by atomic mass is 10.0. The molecular formula is C16H18N4O. The molecule has 108 valence electrons. The second-order valence-electron chi connectivity index (χ2n) is 5.27. The Kier molecular flexibility index (Phi) is 3.92. The summed E-state index contributed by atoms with van der Waals surface area (Å²) in [7, 11) is 0. The van der Waals surface area contributed by atoms with Gasteiger partial charge in [0.05, 0.1) is 5.69 Å². The Labute approximate surface area is 123 Å². The van der Waals surface area contributed by atoms with Crippen molar-refractivity contribution >= 4 is 11.7 Å². The van der Waals surface area contributed by atoms with Crippen molar-refractivity contribution in [2.45, 2.75) is 31.7 Å². The minimum atomic E-state index is -0.0902. The van der Waals surface area contributed by atoms with Gasteiger partial charge in [0, 0.05) is 30.4 Å². The molecule has 3 rings (SSSR count). The van der Waals surface area contributed by atoms with Gasteiger partial charge in [-0.1, -0.05) is 6.42 Å². The third kappa shape index (κ3) is 3.08. The lowest BCUT2D eigenvalue weighted by Gasteiger charge is -2.15. The van der Waals surface area contributed by atoms with Gasteiger partial charge in [-0.3, -0.25) is 9.78 Å². The summed E-state index contributed by atoms with van der Waals surface area (Å²) in [6.07, 6.45) is 6.50. The van der Waals surface area contributed by atoms with Crippen LogP contribution in [-0.2, 0) is 4.79 Å². The number of anilines is 1. The lowest BCUT2D eigenvalue weighted by molar-refractivity contribution is -0.116. The molecule has 5 nitrogen and oxygen atoms in total. The number of hydrogen-bond acceptors (Lipinski definition) is 4. The summed E-state index contributed by atoms with van der Waals surface area (Å²) >= 11 is 0. The zero-order valence-corrected chi connectivity index (χ0v) is 11.7. The number of amides is 1. The molecule has 1 aliphatic rings. The van der Waals surface area contributed by atoms with Crippen LogP contribution in [0, 0.1) is 0 Å². The molecule has 1 amide bonds. The number of nitrogens with one attached hydrogen (secondary N) is 1. The number of fused-ring (bicyclic) bond motifs is 4. The van der Waals surface area contributed by atoms with E-state index in [0.29, 0.717) is 12.2 Å². The normalized spacial score (nSPS) is 18.9. The Hall–Kier alpha value is -2.27. The standard InChI is InChI=1S/C16H18N4O/c17-13-5-1-2-6-15(21)20-16-12(4-3-8-19-16)11-7-9-18-14(13)10-11/h3-4,7-10,13H,1-2,5-6,17H2,(H,19,20,21)/t13-/m0/s1. The fraction of sp³-hybridized carbons (Fsp3) is 0.312. The Bertz CT molecular complexity index is 656. The largest absolute Gasteiger partial charge is 0.323 e. The van der Waals surface area contributed by atoms with Crippen molar-refractivity contribution in [2.24, 2.45) is 5.73 Å². The van der Waals surface area contributed by atoms with Crippen LogP contribution < -0.4 is 11.1 Å². The van der Waals surface area contributed by atoms with Crippen LogP contribution in [0.5, 0.6) is 0 Å². The van der Waals surface area contributed by atoms with Crippen molar-refractivity contribution in [2.75, 3.05) is 5.32 Å². The summed E-state index contributed by atoms with van der Waals surface area (Å²) in [5.41, 5.74) is 8.94. The fourth-order valence-electron chi connectivity index (χ4n) is 2.55. The molecule has 0 aromatic carbocycles. The molecule has 0 radical (unpaired) electrons. The number of rotatable bonds is 0. The zero-order valence-electron chi connectivity index (χ0n) is 11.7. The van der Waals surface area contributed by atoms with Gasteiger partial charge < -0.3 is 11.1 Å². The van der Waals surface area contributed by atoms with Crippen LogP contribution >= 0.6 is 0 Å². The SMILES string of the molecule is N[C@H]1CCCCC(=O)Nc2ncccc2-c2ccnc1c2. The molecule has 2 bridgehead atoms. The van der Waals surface area contributed by atoms with Gasteiger partial charge in [-0.25, -0.2) is 4.98 Å². The molecular weight excluding hydrogens is 264 g/mol. The number of carbonyl (C=O) groups excluding carboxylic acids is 1. The van der Waals surface area contributed by atoms with Gasteiger partial charge in [-0.15, -0.1) is 0 Å². The first-order chi connectivity index (χ1) is 10.2. The summed E-state index contributed by atoms with van der Waals surface area (Å²) in [5, 5.41) is 2.90. The second kappa shape index (κ2) is 6.01. The molecule has 3 heterocycles. The molecule has 2 aromatic heterocycles. The van der Waals surface area contributed by atoms with Crippen LogP contribution in [0.25, 0.3) is 11.1 Å². The van der Waals surface area contributed by atoms with Gasteiger partial charge in [0.25, 0.3) is 0 Å². The highest BCUT2D eigenvalue weighted by Crippen LogP contribution is 2.28. The number of nitrogens with two attached hydrogens (primary N) is 1. The van der Waals surface area contributed by atoms with E-state index in [9.17, 15) is 4.79 Å². The number of carbonyl (C=O) groups is 1. The molecule has 21 heavy (non-hydrogen) atoms. The van der Waals surface area contributed by atoms with Crippen LogP contribution in [0.15, 0.2) is 36.7 Å². The maximum Gasteiger partial charge on any atom is 0.225 e. The van der Waals surface area contributed by atoms with E-state index in [1.54, 1.807) is 12.4 Å². The Morgan fingerprint density at radius 1 is 1.19 bits per heavy atom. The molecule has 1 aliphatic heterocycles.